The highest BCUT2D eigenvalue weighted by molar-refractivity contribution is 5.80. The van der Waals surface area contributed by atoms with Crippen LogP contribution in [0, 0.1) is 0 Å². The van der Waals surface area contributed by atoms with Crippen LogP contribution < -0.4 is 9.47 Å². The molecule has 2 rings (SSSR count). The molecule has 0 unspecified atom stereocenters. The first-order chi connectivity index (χ1) is 6.75. The first-order valence-electron chi connectivity index (χ1n) is 4.36. The number of ether oxygens (including phenoxy) is 2. The van der Waals surface area contributed by atoms with Crippen LogP contribution in [0.2, 0.25) is 0 Å². The Bertz CT molecular complexity index is 361. The van der Waals surface area contributed by atoms with Gasteiger partial charge in [0.1, 0.15) is 0 Å². The van der Waals surface area contributed by atoms with Crippen LogP contribution in [-0.4, -0.2) is 32.1 Å². The van der Waals surface area contributed by atoms with Crippen molar-refractivity contribution < 1.29 is 9.47 Å². The summed E-state index contributed by atoms with van der Waals surface area (Å²) in [5, 5.41) is 5.87. The summed E-state index contributed by atoms with van der Waals surface area (Å²) in [4.78, 5) is 0. The van der Waals surface area contributed by atoms with Crippen molar-refractivity contribution in [1.82, 2.24) is 5.01 Å². The third kappa shape index (κ3) is 1.79. The van der Waals surface area contributed by atoms with Crippen LogP contribution in [0.4, 0.5) is 0 Å². The lowest BCUT2D eigenvalue weighted by Crippen LogP contribution is -2.01. The van der Waals surface area contributed by atoms with E-state index in [0.29, 0.717) is 6.79 Å². The van der Waals surface area contributed by atoms with Gasteiger partial charge in [0.25, 0.3) is 0 Å². The monoisotopic (exact) mass is 192 g/mol. The van der Waals surface area contributed by atoms with E-state index in [4.69, 9.17) is 9.47 Å². The number of hydrazone groups is 1. The van der Waals surface area contributed by atoms with E-state index in [1.807, 2.05) is 32.3 Å². The second-order valence-corrected chi connectivity index (χ2v) is 3.20. The molecule has 1 aliphatic heterocycles. The van der Waals surface area contributed by atoms with Crippen molar-refractivity contribution >= 4 is 6.21 Å². The Morgan fingerprint density at radius 1 is 1.29 bits per heavy atom. The molecule has 0 bridgehead atoms. The highest BCUT2D eigenvalue weighted by Crippen LogP contribution is 2.31. The van der Waals surface area contributed by atoms with Gasteiger partial charge in [0.15, 0.2) is 11.5 Å². The standard InChI is InChI=1S/C10H12N2O2/c1-12(2)11-6-8-3-4-9-10(5-8)14-7-13-9/h3-6H,7H2,1-2H3/b11-6+. The van der Waals surface area contributed by atoms with Crippen molar-refractivity contribution in [3.8, 4) is 11.5 Å². The number of nitrogens with zero attached hydrogens (tertiary/aromatic N) is 2. The number of hydrogen-bond donors (Lipinski definition) is 0. The molecule has 0 atom stereocenters. The van der Waals surface area contributed by atoms with Gasteiger partial charge in [-0.05, 0) is 23.8 Å². The van der Waals surface area contributed by atoms with Gasteiger partial charge in [-0.3, -0.25) is 0 Å². The SMILES string of the molecule is CN(C)/N=C/c1ccc2c(c1)OCO2. The molecule has 0 saturated carbocycles. The molecular formula is C10H12N2O2. The highest BCUT2D eigenvalue weighted by Gasteiger charge is 2.12. The molecule has 1 aromatic carbocycles. The molecule has 0 aromatic heterocycles. The van der Waals surface area contributed by atoms with Gasteiger partial charge in [0.2, 0.25) is 6.79 Å². The lowest BCUT2D eigenvalue weighted by molar-refractivity contribution is 0.174. The summed E-state index contributed by atoms with van der Waals surface area (Å²) in [6, 6.07) is 5.75. The summed E-state index contributed by atoms with van der Waals surface area (Å²) in [6.45, 7) is 0.309. The van der Waals surface area contributed by atoms with Crippen molar-refractivity contribution in [3.05, 3.63) is 23.8 Å². The van der Waals surface area contributed by atoms with E-state index in [-0.39, 0.29) is 0 Å². The maximum Gasteiger partial charge on any atom is 0.231 e. The molecular weight excluding hydrogens is 180 g/mol. The molecule has 74 valence electrons. The van der Waals surface area contributed by atoms with E-state index in [2.05, 4.69) is 5.10 Å². The van der Waals surface area contributed by atoms with E-state index < -0.39 is 0 Å². The molecule has 1 heterocycles. The first-order valence-corrected chi connectivity index (χ1v) is 4.36. The Balaban J connectivity index is 2.20. The van der Waals surface area contributed by atoms with Crippen molar-refractivity contribution in [1.29, 1.82) is 0 Å². The third-order valence-corrected chi connectivity index (χ3v) is 1.83. The predicted octanol–water partition coefficient (Wildman–Crippen LogP) is 1.31. The minimum Gasteiger partial charge on any atom is -0.454 e. The normalized spacial score (nSPS) is 13.6. The summed E-state index contributed by atoms with van der Waals surface area (Å²) < 4.78 is 10.5. The summed E-state index contributed by atoms with van der Waals surface area (Å²) in [6.07, 6.45) is 1.78. The fourth-order valence-electron chi connectivity index (χ4n) is 1.18. The van der Waals surface area contributed by atoms with Gasteiger partial charge < -0.3 is 14.5 Å². The Hall–Kier alpha value is -1.71. The van der Waals surface area contributed by atoms with Crippen molar-refractivity contribution in [2.75, 3.05) is 20.9 Å². The lowest BCUT2D eigenvalue weighted by atomic mass is 10.2. The molecule has 1 aromatic rings. The van der Waals surface area contributed by atoms with Gasteiger partial charge in [0.05, 0.1) is 6.21 Å². The molecule has 0 radical (unpaired) electrons. The van der Waals surface area contributed by atoms with Crippen LogP contribution in [0.5, 0.6) is 11.5 Å². The van der Waals surface area contributed by atoms with Gasteiger partial charge >= 0.3 is 0 Å². The average Bonchev–Trinajstić information content (AvgIpc) is 2.61. The molecule has 0 aliphatic carbocycles. The quantitative estimate of drug-likeness (QED) is 0.523. The van der Waals surface area contributed by atoms with Crippen LogP contribution in [0.1, 0.15) is 5.56 Å². The molecule has 0 fully saturated rings. The molecule has 14 heavy (non-hydrogen) atoms. The zero-order chi connectivity index (χ0) is 9.97. The van der Waals surface area contributed by atoms with E-state index in [9.17, 15) is 0 Å². The van der Waals surface area contributed by atoms with Gasteiger partial charge in [-0.2, -0.15) is 5.10 Å². The molecule has 0 N–H and O–H groups in total. The second kappa shape index (κ2) is 3.57. The molecule has 1 aliphatic rings. The number of fused-ring (bicyclic) bond motifs is 1. The molecule has 4 nitrogen and oxygen atoms in total. The summed E-state index contributed by atoms with van der Waals surface area (Å²) in [5.74, 6) is 1.58. The smallest absolute Gasteiger partial charge is 0.231 e. The Morgan fingerprint density at radius 3 is 2.86 bits per heavy atom. The van der Waals surface area contributed by atoms with E-state index in [0.717, 1.165) is 17.1 Å². The first kappa shape index (κ1) is 8.87. The molecule has 4 heteroatoms. The zero-order valence-corrected chi connectivity index (χ0v) is 8.23. The van der Waals surface area contributed by atoms with Crippen LogP contribution in [0.15, 0.2) is 23.3 Å². The fraction of sp³-hybridized carbons (Fsp3) is 0.300. The maximum absolute atomic E-state index is 5.25. The van der Waals surface area contributed by atoms with Crippen LogP contribution in [-0.2, 0) is 0 Å². The van der Waals surface area contributed by atoms with Crippen molar-refractivity contribution in [2.24, 2.45) is 5.10 Å². The largest absolute Gasteiger partial charge is 0.454 e. The molecule has 0 saturated heterocycles. The molecule has 0 spiro atoms. The topological polar surface area (TPSA) is 34.1 Å². The van der Waals surface area contributed by atoms with Crippen molar-refractivity contribution in [3.63, 3.8) is 0 Å². The highest BCUT2D eigenvalue weighted by atomic mass is 16.7. The third-order valence-electron chi connectivity index (χ3n) is 1.83. The minimum absolute atomic E-state index is 0.309. The fourth-order valence-corrected chi connectivity index (χ4v) is 1.18. The van der Waals surface area contributed by atoms with Crippen LogP contribution >= 0.6 is 0 Å². The summed E-state index contributed by atoms with van der Waals surface area (Å²) in [5.41, 5.74) is 1.00. The lowest BCUT2D eigenvalue weighted by Gasteiger charge is -2.02. The summed E-state index contributed by atoms with van der Waals surface area (Å²) >= 11 is 0. The number of benzene rings is 1. The predicted molar refractivity (Wildman–Crippen MR) is 53.8 cm³/mol. The van der Waals surface area contributed by atoms with E-state index in [1.54, 1.807) is 11.2 Å². The van der Waals surface area contributed by atoms with Gasteiger partial charge in [0, 0.05) is 14.1 Å². The maximum atomic E-state index is 5.25. The van der Waals surface area contributed by atoms with Crippen LogP contribution in [0.25, 0.3) is 0 Å². The number of hydrogen-bond acceptors (Lipinski definition) is 4. The summed E-state index contributed by atoms with van der Waals surface area (Å²) in [7, 11) is 3.76. The van der Waals surface area contributed by atoms with Gasteiger partial charge in [-0.1, -0.05) is 0 Å². The van der Waals surface area contributed by atoms with E-state index in [1.165, 1.54) is 0 Å². The Labute approximate surface area is 82.7 Å². The van der Waals surface area contributed by atoms with Crippen molar-refractivity contribution in [2.45, 2.75) is 0 Å². The van der Waals surface area contributed by atoms with E-state index >= 15 is 0 Å². The average molecular weight is 192 g/mol. The van der Waals surface area contributed by atoms with Gasteiger partial charge in [-0.25, -0.2) is 0 Å². The minimum atomic E-state index is 0.309. The zero-order valence-electron chi connectivity index (χ0n) is 8.23. The van der Waals surface area contributed by atoms with Gasteiger partial charge in [-0.15, -0.1) is 0 Å². The second-order valence-electron chi connectivity index (χ2n) is 3.20. The Morgan fingerprint density at radius 2 is 2.07 bits per heavy atom. The Kier molecular flexibility index (Phi) is 2.26. The molecule has 0 amide bonds. The number of rotatable bonds is 2. The van der Waals surface area contributed by atoms with Crippen LogP contribution in [0.3, 0.4) is 0 Å².